The van der Waals surface area contributed by atoms with E-state index >= 15 is 0 Å². The lowest BCUT2D eigenvalue weighted by molar-refractivity contribution is -0.145. The SMILES string of the molecule is CC(C)(C)SNC(C(=O)O)(c1cc(Br)ccc1F)C1CC1. The van der Waals surface area contributed by atoms with Crippen molar-refractivity contribution in [2.75, 3.05) is 0 Å². The van der Waals surface area contributed by atoms with Crippen molar-refractivity contribution in [3.05, 3.63) is 34.1 Å². The van der Waals surface area contributed by atoms with Crippen molar-refractivity contribution in [1.29, 1.82) is 0 Å². The summed E-state index contributed by atoms with van der Waals surface area (Å²) >= 11 is 4.64. The van der Waals surface area contributed by atoms with Gasteiger partial charge in [-0.3, -0.25) is 0 Å². The number of carbonyl (C=O) groups is 1. The van der Waals surface area contributed by atoms with Crippen LogP contribution >= 0.6 is 27.9 Å². The van der Waals surface area contributed by atoms with Gasteiger partial charge in [0.2, 0.25) is 0 Å². The van der Waals surface area contributed by atoms with E-state index in [4.69, 9.17) is 0 Å². The molecule has 116 valence electrons. The van der Waals surface area contributed by atoms with Gasteiger partial charge in [-0.2, -0.15) is 0 Å². The van der Waals surface area contributed by atoms with Gasteiger partial charge in [0.05, 0.1) is 0 Å². The topological polar surface area (TPSA) is 49.3 Å². The van der Waals surface area contributed by atoms with Crippen LogP contribution in [0.15, 0.2) is 22.7 Å². The molecule has 2 rings (SSSR count). The molecule has 0 aromatic heterocycles. The lowest BCUT2D eigenvalue weighted by Crippen LogP contribution is -2.50. The Morgan fingerprint density at radius 3 is 2.52 bits per heavy atom. The van der Waals surface area contributed by atoms with Crippen LogP contribution in [-0.4, -0.2) is 15.8 Å². The van der Waals surface area contributed by atoms with Crippen molar-refractivity contribution in [2.24, 2.45) is 5.92 Å². The van der Waals surface area contributed by atoms with Gasteiger partial charge in [-0.15, -0.1) is 0 Å². The first-order chi connectivity index (χ1) is 9.67. The molecule has 1 aliphatic carbocycles. The molecular formula is C15H19BrFNO2S. The van der Waals surface area contributed by atoms with Crippen LogP contribution in [0.5, 0.6) is 0 Å². The molecule has 2 N–H and O–H groups in total. The van der Waals surface area contributed by atoms with Gasteiger partial charge < -0.3 is 5.11 Å². The highest BCUT2D eigenvalue weighted by Gasteiger charge is 2.54. The average Bonchev–Trinajstić information content (AvgIpc) is 3.17. The molecule has 0 saturated heterocycles. The molecule has 3 nitrogen and oxygen atoms in total. The maximum Gasteiger partial charge on any atom is 0.329 e. The first-order valence-electron chi connectivity index (χ1n) is 6.81. The second-order valence-corrected chi connectivity index (χ2v) is 8.88. The van der Waals surface area contributed by atoms with Crippen LogP contribution in [0, 0.1) is 11.7 Å². The lowest BCUT2D eigenvalue weighted by atomic mass is 9.85. The molecule has 0 bridgehead atoms. The molecule has 6 heteroatoms. The van der Waals surface area contributed by atoms with Crippen molar-refractivity contribution < 1.29 is 14.3 Å². The molecule has 1 aromatic rings. The molecule has 1 aromatic carbocycles. The number of aliphatic carboxylic acids is 1. The summed E-state index contributed by atoms with van der Waals surface area (Å²) in [6.07, 6.45) is 1.58. The van der Waals surface area contributed by atoms with E-state index in [1.165, 1.54) is 18.0 Å². The predicted molar refractivity (Wildman–Crippen MR) is 86.6 cm³/mol. The normalized spacial score (nSPS) is 18.3. The highest BCUT2D eigenvalue weighted by molar-refractivity contribution is 9.10. The minimum atomic E-state index is -1.38. The smallest absolute Gasteiger partial charge is 0.329 e. The lowest BCUT2D eigenvalue weighted by Gasteiger charge is -2.34. The highest BCUT2D eigenvalue weighted by atomic mass is 79.9. The van der Waals surface area contributed by atoms with E-state index < -0.39 is 17.3 Å². The van der Waals surface area contributed by atoms with E-state index in [1.807, 2.05) is 20.8 Å². The zero-order valence-corrected chi connectivity index (χ0v) is 14.6. The van der Waals surface area contributed by atoms with Crippen LogP contribution in [0.2, 0.25) is 0 Å². The van der Waals surface area contributed by atoms with Crippen LogP contribution < -0.4 is 4.72 Å². The zero-order valence-electron chi connectivity index (χ0n) is 12.2. The van der Waals surface area contributed by atoms with E-state index in [1.54, 1.807) is 12.1 Å². The number of hydrogen-bond acceptors (Lipinski definition) is 3. The fourth-order valence-electron chi connectivity index (χ4n) is 2.24. The number of hydrogen-bond donors (Lipinski definition) is 2. The van der Waals surface area contributed by atoms with Gasteiger partial charge in [0, 0.05) is 14.8 Å². The summed E-state index contributed by atoms with van der Waals surface area (Å²) < 4.78 is 17.9. The summed E-state index contributed by atoms with van der Waals surface area (Å²) in [4.78, 5) is 12.0. The number of carboxylic acid groups (broad SMARTS) is 1. The van der Waals surface area contributed by atoms with Crippen LogP contribution in [0.1, 0.15) is 39.2 Å². The van der Waals surface area contributed by atoms with Gasteiger partial charge in [-0.05, 0) is 57.7 Å². The molecule has 0 amide bonds. The average molecular weight is 376 g/mol. The monoisotopic (exact) mass is 375 g/mol. The Kier molecular flexibility index (Phi) is 4.71. The Bertz CT molecular complexity index is 557. The summed E-state index contributed by atoms with van der Waals surface area (Å²) in [5, 5.41) is 9.84. The van der Waals surface area contributed by atoms with E-state index in [2.05, 4.69) is 20.7 Å². The quantitative estimate of drug-likeness (QED) is 0.752. The molecule has 0 radical (unpaired) electrons. The number of halogens is 2. The molecule has 1 atom stereocenters. The molecule has 1 saturated carbocycles. The fraction of sp³-hybridized carbons (Fsp3) is 0.533. The molecule has 1 fully saturated rings. The minimum Gasteiger partial charge on any atom is -0.480 e. The van der Waals surface area contributed by atoms with Gasteiger partial charge in [-0.25, -0.2) is 13.9 Å². The Morgan fingerprint density at radius 2 is 2.05 bits per heavy atom. The van der Waals surface area contributed by atoms with E-state index in [9.17, 15) is 14.3 Å². The second kappa shape index (κ2) is 5.89. The van der Waals surface area contributed by atoms with Crippen LogP contribution in [0.3, 0.4) is 0 Å². The molecular weight excluding hydrogens is 357 g/mol. The van der Waals surface area contributed by atoms with Crippen LogP contribution in [-0.2, 0) is 10.3 Å². The van der Waals surface area contributed by atoms with Crippen molar-refractivity contribution in [3.8, 4) is 0 Å². The van der Waals surface area contributed by atoms with Crippen molar-refractivity contribution in [2.45, 2.75) is 43.9 Å². The first-order valence-corrected chi connectivity index (χ1v) is 8.42. The van der Waals surface area contributed by atoms with Gasteiger partial charge in [0.1, 0.15) is 5.82 Å². The van der Waals surface area contributed by atoms with Gasteiger partial charge in [0.25, 0.3) is 0 Å². The molecule has 21 heavy (non-hydrogen) atoms. The third-order valence-corrected chi connectivity index (χ3v) is 4.93. The first kappa shape index (κ1) is 16.8. The maximum absolute atomic E-state index is 14.3. The number of nitrogens with one attached hydrogen (secondary N) is 1. The molecule has 0 spiro atoms. The van der Waals surface area contributed by atoms with Crippen molar-refractivity contribution in [1.82, 2.24) is 4.72 Å². The minimum absolute atomic E-state index is 0.0892. The van der Waals surface area contributed by atoms with E-state index in [0.29, 0.717) is 4.47 Å². The Morgan fingerprint density at radius 1 is 1.43 bits per heavy atom. The van der Waals surface area contributed by atoms with Crippen LogP contribution in [0.4, 0.5) is 4.39 Å². The number of rotatable bonds is 5. The fourth-order valence-corrected chi connectivity index (χ4v) is 3.43. The van der Waals surface area contributed by atoms with Gasteiger partial charge in [-0.1, -0.05) is 27.9 Å². The second-order valence-electron chi connectivity index (χ2n) is 6.33. The zero-order chi connectivity index (χ0) is 15.8. The predicted octanol–water partition coefficient (Wildman–Crippen LogP) is 4.31. The third kappa shape index (κ3) is 3.60. The van der Waals surface area contributed by atoms with Crippen molar-refractivity contribution >= 4 is 33.8 Å². The maximum atomic E-state index is 14.3. The summed E-state index contributed by atoms with van der Waals surface area (Å²) in [6.45, 7) is 5.96. The highest BCUT2D eigenvalue weighted by Crippen LogP contribution is 2.48. The number of benzene rings is 1. The van der Waals surface area contributed by atoms with Gasteiger partial charge in [0.15, 0.2) is 5.54 Å². The summed E-state index contributed by atoms with van der Waals surface area (Å²) in [7, 11) is 0. The largest absolute Gasteiger partial charge is 0.480 e. The summed E-state index contributed by atoms with van der Waals surface area (Å²) in [5.74, 6) is -1.61. The summed E-state index contributed by atoms with van der Waals surface area (Å²) in [5.41, 5.74) is -1.19. The Labute approximate surface area is 137 Å². The Balaban J connectivity index is 2.49. The third-order valence-electron chi connectivity index (χ3n) is 3.40. The molecule has 0 aliphatic heterocycles. The number of carboxylic acids is 1. The van der Waals surface area contributed by atoms with Crippen LogP contribution in [0.25, 0.3) is 0 Å². The molecule has 1 unspecified atom stereocenters. The van der Waals surface area contributed by atoms with Gasteiger partial charge >= 0.3 is 5.97 Å². The standard InChI is InChI=1S/C15H19BrFNO2S/c1-14(2,3)21-18-15(13(19)20,9-4-5-9)11-8-10(16)6-7-12(11)17/h6-9,18H,4-5H2,1-3H3,(H,19,20). The van der Waals surface area contributed by atoms with Crippen molar-refractivity contribution in [3.63, 3.8) is 0 Å². The Hall–Kier alpha value is -0.590. The molecule has 1 aliphatic rings. The summed E-state index contributed by atoms with van der Waals surface area (Å²) in [6, 6.07) is 4.45. The molecule has 0 heterocycles. The van der Waals surface area contributed by atoms with E-state index in [0.717, 1.165) is 12.8 Å². The van der Waals surface area contributed by atoms with E-state index in [-0.39, 0.29) is 16.2 Å².